The first-order chi connectivity index (χ1) is 7.59. The van der Waals surface area contributed by atoms with Crippen molar-refractivity contribution in [3.8, 4) is 0 Å². The highest BCUT2D eigenvalue weighted by Gasteiger charge is 2.15. The standard InChI is InChI=1S/C12H23N3O/c1-5-6-15-10-14-8-11(15)7-13-9-12(2,3)16-4/h8,10,13H,5-7,9H2,1-4H3. The lowest BCUT2D eigenvalue weighted by Crippen LogP contribution is -2.36. The SMILES string of the molecule is CCCn1cncc1CNCC(C)(C)OC. The maximum absolute atomic E-state index is 5.35. The fourth-order valence-electron chi connectivity index (χ4n) is 1.50. The molecule has 0 unspecified atom stereocenters. The van der Waals surface area contributed by atoms with Crippen molar-refractivity contribution in [1.29, 1.82) is 0 Å². The summed E-state index contributed by atoms with van der Waals surface area (Å²) in [6.45, 7) is 9.02. The van der Waals surface area contributed by atoms with Crippen LogP contribution in [-0.2, 0) is 17.8 Å². The van der Waals surface area contributed by atoms with Gasteiger partial charge in [-0.05, 0) is 20.3 Å². The molecule has 16 heavy (non-hydrogen) atoms. The van der Waals surface area contributed by atoms with Crippen LogP contribution in [0.2, 0.25) is 0 Å². The third-order valence-electron chi connectivity index (χ3n) is 2.67. The lowest BCUT2D eigenvalue weighted by Gasteiger charge is -2.23. The number of hydrogen-bond acceptors (Lipinski definition) is 3. The van der Waals surface area contributed by atoms with Gasteiger partial charge in [0.2, 0.25) is 0 Å². The van der Waals surface area contributed by atoms with Crippen LogP contribution < -0.4 is 5.32 Å². The fraction of sp³-hybridized carbons (Fsp3) is 0.750. The number of hydrogen-bond donors (Lipinski definition) is 1. The van der Waals surface area contributed by atoms with Gasteiger partial charge in [-0.25, -0.2) is 4.98 Å². The Kier molecular flexibility index (Phi) is 4.96. The molecule has 0 saturated heterocycles. The molecule has 0 spiro atoms. The van der Waals surface area contributed by atoms with Gasteiger partial charge in [0.15, 0.2) is 0 Å². The molecule has 4 heteroatoms. The summed E-state index contributed by atoms with van der Waals surface area (Å²) in [5, 5.41) is 3.39. The van der Waals surface area contributed by atoms with Crippen LogP contribution in [0, 0.1) is 0 Å². The highest BCUT2D eigenvalue weighted by atomic mass is 16.5. The minimum absolute atomic E-state index is 0.115. The predicted molar refractivity (Wildman–Crippen MR) is 65.3 cm³/mol. The zero-order valence-corrected chi connectivity index (χ0v) is 10.8. The molecule has 0 radical (unpaired) electrons. The predicted octanol–water partition coefficient (Wildman–Crippen LogP) is 1.81. The fourth-order valence-corrected chi connectivity index (χ4v) is 1.50. The molecule has 1 rings (SSSR count). The Hall–Kier alpha value is -0.870. The molecule has 1 aromatic rings. The molecule has 0 aliphatic heterocycles. The van der Waals surface area contributed by atoms with Crippen molar-refractivity contribution < 1.29 is 4.74 Å². The lowest BCUT2D eigenvalue weighted by atomic mass is 10.1. The van der Waals surface area contributed by atoms with Gasteiger partial charge in [-0.15, -0.1) is 0 Å². The van der Waals surface area contributed by atoms with Crippen molar-refractivity contribution in [3.05, 3.63) is 18.2 Å². The maximum atomic E-state index is 5.35. The summed E-state index contributed by atoms with van der Waals surface area (Å²) in [5.74, 6) is 0. The van der Waals surface area contributed by atoms with Crippen molar-refractivity contribution in [3.63, 3.8) is 0 Å². The Morgan fingerprint density at radius 1 is 1.50 bits per heavy atom. The summed E-state index contributed by atoms with van der Waals surface area (Å²) >= 11 is 0. The number of ether oxygens (including phenoxy) is 1. The van der Waals surface area contributed by atoms with E-state index < -0.39 is 0 Å². The minimum Gasteiger partial charge on any atom is -0.377 e. The highest BCUT2D eigenvalue weighted by molar-refractivity contribution is 4.98. The number of nitrogens with one attached hydrogen (secondary N) is 1. The molecular formula is C12H23N3O. The molecule has 92 valence electrons. The van der Waals surface area contributed by atoms with Gasteiger partial charge < -0.3 is 14.6 Å². The van der Waals surface area contributed by atoms with E-state index in [1.54, 1.807) is 7.11 Å². The molecule has 4 nitrogen and oxygen atoms in total. The van der Waals surface area contributed by atoms with E-state index >= 15 is 0 Å². The van der Waals surface area contributed by atoms with Crippen molar-refractivity contribution in [2.75, 3.05) is 13.7 Å². The number of aryl methyl sites for hydroxylation is 1. The summed E-state index contributed by atoms with van der Waals surface area (Å²) in [7, 11) is 1.74. The van der Waals surface area contributed by atoms with Gasteiger partial charge in [0.25, 0.3) is 0 Å². The summed E-state index contributed by atoms with van der Waals surface area (Å²) in [6.07, 6.45) is 4.94. The summed E-state index contributed by atoms with van der Waals surface area (Å²) < 4.78 is 7.54. The number of methoxy groups -OCH3 is 1. The van der Waals surface area contributed by atoms with E-state index in [0.29, 0.717) is 0 Å². The molecule has 0 amide bonds. The van der Waals surface area contributed by atoms with E-state index in [2.05, 4.69) is 35.6 Å². The van der Waals surface area contributed by atoms with Crippen LogP contribution in [0.15, 0.2) is 12.5 Å². The second-order valence-electron chi connectivity index (χ2n) is 4.65. The van der Waals surface area contributed by atoms with Gasteiger partial charge in [-0.1, -0.05) is 6.92 Å². The quantitative estimate of drug-likeness (QED) is 0.769. The number of imidazole rings is 1. The molecule has 1 aromatic heterocycles. The van der Waals surface area contributed by atoms with Gasteiger partial charge in [0, 0.05) is 32.9 Å². The van der Waals surface area contributed by atoms with E-state index in [-0.39, 0.29) is 5.60 Å². The van der Waals surface area contributed by atoms with Crippen molar-refractivity contribution >= 4 is 0 Å². The van der Waals surface area contributed by atoms with Crippen LogP contribution >= 0.6 is 0 Å². The van der Waals surface area contributed by atoms with Crippen LogP contribution in [0.3, 0.4) is 0 Å². The van der Waals surface area contributed by atoms with Crippen LogP contribution in [0.25, 0.3) is 0 Å². The Morgan fingerprint density at radius 2 is 2.25 bits per heavy atom. The topological polar surface area (TPSA) is 39.1 Å². The van der Waals surface area contributed by atoms with Gasteiger partial charge in [-0.3, -0.25) is 0 Å². The highest BCUT2D eigenvalue weighted by Crippen LogP contribution is 2.06. The summed E-state index contributed by atoms with van der Waals surface area (Å²) in [5.41, 5.74) is 1.11. The van der Waals surface area contributed by atoms with Gasteiger partial charge in [0.05, 0.1) is 17.6 Å². The average Bonchev–Trinajstić information content (AvgIpc) is 2.66. The monoisotopic (exact) mass is 225 g/mol. The van der Waals surface area contributed by atoms with Crippen molar-refractivity contribution in [2.45, 2.75) is 45.9 Å². The molecule has 0 aliphatic rings. The molecule has 0 bridgehead atoms. The van der Waals surface area contributed by atoms with Crippen LogP contribution in [-0.4, -0.2) is 28.8 Å². The van der Waals surface area contributed by atoms with Crippen molar-refractivity contribution in [2.24, 2.45) is 0 Å². The molecular weight excluding hydrogens is 202 g/mol. The molecule has 1 N–H and O–H groups in total. The van der Waals surface area contributed by atoms with Crippen LogP contribution in [0.4, 0.5) is 0 Å². The first kappa shape index (κ1) is 13.2. The minimum atomic E-state index is -0.115. The smallest absolute Gasteiger partial charge is 0.0948 e. The van der Waals surface area contributed by atoms with Gasteiger partial charge in [-0.2, -0.15) is 0 Å². The second kappa shape index (κ2) is 6.01. The van der Waals surface area contributed by atoms with E-state index in [0.717, 1.165) is 26.1 Å². The lowest BCUT2D eigenvalue weighted by molar-refractivity contribution is 0.0229. The Balaban J connectivity index is 2.39. The Bertz CT molecular complexity index is 307. The first-order valence-electron chi connectivity index (χ1n) is 5.84. The molecule has 0 aliphatic carbocycles. The zero-order chi connectivity index (χ0) is 12.0. The number of aromatic nitrogens is 2. The van der Waals surface area contributed by atoms with Crippen molar-refractivity contribution in [1.82, 2.24) is 14.9 Å². The molecule has 1 heterocycles. The van der Waals surface area contributed by atoms with E-state index in [9.17, 15) is 0 Å². The van der Waals surface area contributed by atoms with Gasteiger partial charge >= 0.3 is 0 Å². The first-order valence-corrected chi connectivity index (χ1v) is 5.84. The third-order valence-corrected chi connectivity index (χ3v) is 2.67. The molecule has 0 fully saturated rings. The maximum Gasteiger partial charge on any atom is 0.0948 e. The Morgan fingerprint density at radius 3 is 2.88 bits per heavy atom. The average molecular weight is 225 g/mol. The number of rotatable bonds is 7. The Labute approximate surface area is 98.0 Å². The van der Waals surface area contributed by atoms with E-state index in [1.165, 1.54) is 5.69 Å². The summed E-state index contributed by atoms with van der Waals surface area (Å²) in [4.78, 5) is 4.17. The summed E-state index contributed by atoms with van der Waals surface area (Å²) in [6, 6.07) is 0. The number of nitrogens with zero attached hydrogens (tertiary/aromatic N) is 2. The van der Waals surface area contributed by atoms with Crippen LogP contribution in [0.5, 0.6) is 0 Å². The zero-order valence-electron chi connectivity index (χ0n) is 10.8. The molecule has 0 aromatic carbocycles. The second-order valence-corrected chi connectivity index (χ2v) is 4.65. The third kappa shape index (κ3) is 3.94. The van der Waals surface area contributed by atoms with E-state index in [4.69, 9.17) is 4.74 Å². The molecule has 0 atom stereocenters. The molecule has 0 saturated carbocycles. The van der Waals surface area contributed by atoms with E-state index in [1.807, 2.05) is 12.5 Å². The normalized spacial score (nSPS) is 12.0. The van der Waals surface area contributed by atoms with Gasteiger partial charge in [0.1, 0.15) is 0 Å². The van der Waals surface area contributed by atoms with Crippen LogP contribution in [0.1, 0.15) is 32.9 Å². The largest absolute Gasteiger partial charge is 0.377 e.